The number of urea groups is 2. The minimum Gasteiger partial charge on any atom is -0.508 e. The van der Waals surface area contributed by atoms with Crippen LogP contribution in [-0.2, 0) is 4.79 Å². The fourth-order valence-electron chi connectivity index (χ4n) is 5.32. The lowest BCUT2D eigenvalue weighted by molar-refractivity contribution is -0.122. The highest BCUT2D eigenvalue weighted by Crippen LogP contribution is 2.28. The van der Waals surface area contributed by atoms with E-state index in [0.29, 0.717) is 38.9 Å². The Bertz CT molecular complexity index is 1000. The average molecular weight is 467 g/mol. The van der Waals surface area contributed by atoms with E-state index < -0.39 is 6.04 Å². The zero-order chi connectivity index (χ0) is 23.7. The predicted molar refractivity (Wildman–Crippen MR) is 126 cm³/mol. The van der Waals surface area contributed by atoms with Gasteiger partial charge in [0.05, 0.1) is 6.04 Å². The van der Waals surface area contributed by atoms with Crippen LogP contribution in [0.5, 0.6) is 5.75 Å². The molecule has 3 unspecified atom stereocenters. The molecule has 34 heavy (non-hydrogen) atoms. The van der Waals surface area contributed by atoms with Crippen molar-refractivity contribution in [2.45, 2.75) is 55.9 Å². The highest BCUT2D eigenvalue weighted by atomic mass is 16.3. The van der Waals surface area contributed by atoms with Gasteiger partial charge in [0.25, 0.3) is 0 Å². The van der Waals surface area contributed by atoms with Crippen molar-refractivity contribution >= 4 is 24.2 Å². The Kier molecular flexibility index (Phi) is 6.12. The minimum atomic E-state index is -0.581. The zero-order valence-corrected chi connectivity index (χ0v) is 18.9. The second-order valence-electron chi connectivity index (χ2n) is 9.31. The van der Waals surface area contributed by atoms with Crippen molar-refractivity contribution < 1.29 is 19.5 Å². The van der Waals surface area contributed by atoms with Crippen LogP contribution in [0.1, 0.15) is 37.2 Å². The number of amides is 5. The van der Waals surface area contributed by atoms with Gasteiger partial charge in [-0.1, -0.05) is 18.2 Å². The van der Waals surface area contributed by atoms with Crippen molar-refractivity contribution in [1.82, 2.24) is 25.8 Å². The number of carbonyl (C=O) groups is 3. The number of benzene rings is 1. The van der Waals surface area contributed by atoms with Crippen LogP contribution in [0.15, 0.2) is 41.4 Å². The number of likely N-dealkylation sites (tertiary alicyclic amines) is 1. The first-order valence-corrected chi connectivity index (χ1v) is 11.9. The molecule has 3 saturated heterocycles. The van der Waals surface area contributed by atoms with Crippen LogP contribution >= 0.6 is 0 Å². The van der Waals surface area contributed by atoms with E-state index >= 15 is 0 Å². The number of nitrogens with one attached hydrogen (secondary N) is 3. The third kappa shape index (κ3) is 4.44. The molecule has 4 heterocycles. The largest absolute Gasteiger partial charge is 0.508 e. The lowest BCUT2D eigenvalue weighted by Crippen LogP contribution is -2.55. The molecule has 10 heteroatoms. The van der Waals surface area contributed by atoms with Gasteiger partial charge in [0.15, 0.2) is 0 Å². The molecule has 0 bridgehead atoms. The topological polar surface area (TPSA) is 126 Å². The quantitative estimate of drug-likeness (QED) is 0.535. The molecule has 1 aromatic rings. The molecule has 4 aliphatic heterocycles. The van der Waals surface area contributed by atoms with Gasteiger partial charge in [-0.05, 0) is 49.5 Å². The number of phenols is 1. The molecule has 180 valence electrons. The Balaban J connectivity index is 1.14. The molecule has 0 spiro atoms. The van der Waals surface area contributed by atoms with E-state index in [-0.39, 0.29) is 47.9 Å². The fourth-order valence-corrected chi connectivity index (χ4v) is 5.32. The molecule has 5 rings (SSSR count). The van der Waals surface area contributed by atoms with Crippen molar-refractivity contribution in [2.24, 2.45) is 4.99 Å². The van der Waals surface area contributed by atoms with Crippen LogP contribution in [-0.4, -0.2) is 83.0 Å². The molecule has 1 aromatic carbocycles. The van der Waals surface area contributed by atoms with E-state index in [9.17, 15) is 19.5 Å². The van der Waals surface area contributed by atoms with Crippen LogP contribution < -0.4 is 16.0 Å². The smallest absolute Gasteiger partial charge is 0.320 e. The van der Waals surface area contributed by atoms with Crippen LogP contribution in [0, 0.1) is 0 Å². The molecule has 0 aliphatic carbocycles. The van der Waals surface area contributed by atoms with Crippen LogP contribution in [0.25, 0.3) is 0 Å². The Morgan fingerprint density at radius 2 is 1.85 bits per heavy atom. The van der Waals surface area contributed by atoms with Crippen LogP contribution in [0.2, 0.25) is 0 Å². The molecule has 0 radical (unpaired) electrons. The summed E-state index contributed by atoms with van der Waals surface area (Å²) in [5.74, 6) is 0.175. The minimum absolute atomic E-state index is 0.0456. The Morgan fingerprint density at radius 3 is 2.62 bits per heavy atom. The van der Waals surface area contributed by atoms with Gasteiger partial charge < -0.3 is 30.9 Å². The molecule has 4 atom stereocenters. The van der Waals surface area contributed by atoms with Crippen LogP contribution in [0.4, 0.5) is 9.59 Å². The number of hydrogen-bond donors (Lipinski definition) is 4. The monoisotopic (exact) mass is 466 g/mol. The molecule has 4 N–H and O–H groups in total. The highest BCUT2D eigenvalue weighted by molar-refractivity contribution is 5.87. The number of phenolic OH excluding ortho intramolecular Hbond substituents is 1. The summed E-state index contributed by atoms with van der Waals surface area (Å²) < 4.78 is 0. The number of fused-ring (bicyclic) bond motifs is 1. The summed E-state index contributed by atoms with van der Waals surface area (Å²) in [4.78, 5) is 45.9. The van der Waals surface area contributed by atoms with Crippen LogP contribution in [0.3, 0.4) is 0 Å². The lowest BCUT2D eigenvalue weighted by Gasteiger charge is -2.38. The Labute approximate surface area is 198 Å². The van der Waals surface area contributed by atoms with Gasteiger partial charge in [-0.2, -0.15) is 0 Å². The van der Waals surface area contributed by atoms with Crippen molar-refractivity contribution in [2.75, 3.05) is 19.6 Å². The molecular formula is C24H30N6O4. The van der Waals surface area contributed by atoms with Gasteiger partial charge in [0, 0.05) is 37.8 Å². The summed E-state index contributed by atoms with van der Waals surface area (Å²) in [6.45, 7) is 1.55. The molecule has 5 amide bonds. The summed E-state index contributed by atoms with van der Waals surface area (Å²) in [7, 11) is 0. The predicted octanol–water partition coefficient (Wildman–Crippen LogP) is 1.29. The van der Waals surface area contributed by atoms with Gasteiger partial charge in [-0.15, -0.1) is 0 Å². The molecular weight excluding hydrogens is 436 g/mol. The third-order valence-electron chi connectivity index (χ3n) is 7.24. The summed E-state index contributed by atoms with van der Waals surface area (Å²) in [6, 6.07) is 6.06. The van der Waals surface area contributed by atoms with E-state index in [0.717, 1.165) is 12.0 Å². The van der Waals surface area contributed by atoms with E-state index in [1.807, 2.05) is 29.2 Å². The number of dihydropyridines is 1. The van der Waals surface area contributed by atoms with Gasteiger partial charge in [-0.25, -0.2) is 9.59 Å². The number of hydrogen-bond acceptors (Lipinski definition) is 5. The molecule has 4 aliphatic rings. The summed E-state index contributed by atoms with van der Waals surface area (Å²) in [5, 5.41) is 18.3. The highest BCUT2D eigenvalue weighted by Gasteiger charge is 2.43. The Hall–Kier alpha value is -3.56. The SMILES string of the molecule is O=C1NCC(c2ccc(O)cc2)CC[C@H]1NC(=O)N1CCC(N2C(=O)NC3N=CC=CC32)CC1. The van der Waals surface area contributed by atoms with Crippen molar-refractivity contribution in [1.29, 1.82) is 0 Å². The van der Waals surface area contributed by atoms with Crippen molar-refractivity contribution in [3.63, 3.8) is 0 Å². The maximum atomic E-state index is 12.9. The lowest BCUT2D eigenvalue weighted by atomic mass is 9.94. The fraction of sp³-hybridized carbons (Fsp3) is 0.500. The normalized spacial score (nSPS) is 29.3. The van der Waals surface area contributed by atoms with Gasteiger partial charge in [0.2, 0.25) is 5.91 Å². The Morgan fingerprint density at radius 1 is 1.09 bits per heavy atom. The number of rotatable bonds is 3. The van der Waals surface area contributed by atoms with E-state index in [1.54, 1.807) is 23.2 Å². The molecule has 0 aromatic heterocycles. The number of nitrogens with zero attached hydrogens (tertiary/aromatic N) is 3. The first kappa shape index (κ1) is 22.2. The maximum absolute atomic E-state index is 12.9. The summed E-state index contributed by atoms with van der Waals surface area (Å²) >= 11 is 0. The third-order valence-corrected chi connectivity index (χ3v) is 7.24. The van der Waals surface area contributed by atoms with Gasteiger partial charge in [0.1, 0.15) is 18.0 Å². The molecule has 0 saturated carbocycles. The number of aliphatic imine (C=N–C) groups is 1. The first-order valence-electron chi connectivity index (χ1n) is 11.9. The average Bonchev–Trinajstić information content (AvgIpc) is 3.08. The first-order chi connectivity index (χ1) is 16.5. The second kappa shape index (κ2) is 9.36. The standard InChI is InChI=1S/C24H30N6O4/c31-18-6-3-15(4-7-18)16-5-8-19(22(32)26-14-16)27-23(33)29-12-9-17(10-13-29)30-20-2-1-11-25-21(20)28-24(30)34/h1-4,6-7,11,16-17,19-21,31H,5,8-10,12-14H2,(H,26,32)(H,27,33)(H,28,34)/t16?,19-,20?,21?/m1/s1. The molecule has 3 fully saturated rings. The maximum Gasteiger partial charge on any atom is 0.320 e. The van der Waals surface area contributed by atoms with Crippen molar-refractivity contribution in [3.05, 3.63) is 42.0 Å². The van der Waals surface area contributed by atoms with Gasteiger partial charge >= 0.3 is 12.1 Å². The second-order valence-corrected chi connectivity index (χ2v) is 9.31. The number of piperidine rings is 1. The van der Waals surface area contributed by atoms with Crippen molar-refractivity contribution in [3.8, 4) is 5.75 Å². The zero-order valence-electron chi connectivity index (χ0n) is 18.9. The van der Waals surface area contributed by atoms with Gasteiger partial charge in [-0.3, -0.25) is 9.79 Å². The summed E-state index contributed by atoms with van der Waals surface area (Å²) in [6.07, 6.45) is 7.98. The number of allylic oxidation sites excluding steroid dienone is 1. The summed E-state index contributed by atoms with van der Waals surface area (Å²) in [5.41, 5.74) is 1.05. The van der Waals surface area contributed by atoms with E-state index in [4.69, 9.17) is 0 Å². The van der Waals surface area contributed by atoms with E-state index in [2.05, 4.69) is 20.9 Å². The number of carbonyl (C=O) groups excluding carboxylic acids is 3. The number of aromatic hydroxyl groups is 1. The molecule has 10 nitrogen and oxygen atoms in total. The van der Waals surface area contributed by atoms with E-state index in [1.165, 1.54) is 0 Å².